The fraction of sp³-hybridized carbons (Fsp3) is 0.438. The summed E-state index contributed by atoms with van der Waals surface area (Å²) in [5.41, 5.74) is 2.82. The van der Waals surface area contributed by atoms with Gasteiger partial charge in [-0.15, -0.1) is 0 Å². The van der Waals surface area contributed by atoms with Crippen molar-refractivity contribution in [3.8, 4) is 5.75 Å². The number of hydrogen-bond donors (Lipinski definition) is 1. The maximum Gasteiger partial charge on any atom is 0.307 e. The Morgan fingerprint density at radius 3 is 2.65 bits per heavy atom. The van der Waals surface area contributed by atoms with Gasteiger partial charge in [0.25, 0.3) is 0 Å². The standard InChI is InChI=1S/C16H21ClO3/c1-4-6-12(7-8-16(18)19)13-10-14(17)11(3)9-15(13)20-5-2/h7,9-10H,4-6,8H2,1-3H3,(H,18,19)/b12-7+. The molecule has 1 aromatic carbocycles. The third-order valence-corrected chi connectivity index (χ3v) is 3.36. The summed E-state index contributed by atoms with van der Waals surface area (Å²) in [6.07, 6.45) is 3.48. The molecule has 0 aliphatic rings. The van der Waals surface area contributed by atoms with Gasteiger partial charge in [-0.3, -0.25) is 4.79 Å². The van der Waals surface area contributed by atoms with Crippen LogP contribution in [0.2, 0.25) is 5.02 Å². The van der Waals surface area contributed by atoms with Crippen molar-refractivity contribution >= 4 is 23.1 Å². The van der Waals surface area contributed by atoms with E-state index < -0.39 is 5.97 Å². The van der Waals surface area contributed by atoms with E-state index in [0.29, 0.717) is 11.6 Å². The molecule has 110 valence electrons. The topological polar surface area (TPSA) is 46.5 Å². The molecule has 3 nitrogen and oxygen atoms in total. The van der Waals surface area contributed by atoms with Crippen molar-refractivity contribution in [2.45, 2.75) is 40.0 Å². The number of halogens is 1. The lowest BCUT2D eigenvalue weighted by Gasteiger charge is -2.15. The number of aryl methyl sites for hydroxylation is 1. The van der Waals surface area contributed by atoms with E-state index in [0.717, 1.165) is 35.3 Å². The van der Waals surface area contributed by atoms with Gasteiger partial charge in [0.2, 0.25) is 0 Å². The van der Waals surface area contributed by atoms with Crippen LogP contribution in [0.25, 0.3) is 5.57 Å². The number of carboxylic acid groups (broad SMARTS) is 1. The number of benzene rings is 1. The summed E-state index contributed by atoms with van der Waals surface area (Å²) in [4.78, 5) is 10.8. The van der Waals surface area contributed by atoms with Gasteiger partial charge in [-0.05, 0) is 43.5 Å². The van der Waals surface area contributed by atoms with Gasteiger partial charge < -0.3 is 9.84 Å². The molecule has 1 N–H and O–H groups in total. The van der Waals surface area contributed by atoms with Crippen LogP contribution in [0.15, 0.2) is 18.2 Å². The number of carbonyl (C=O) groups is 1. The van der Waals surface area contributed by atoms with Crippen LogP contribution >= 0.6 is 11.6 Å². The highest BCUT2D eigenvalue weighted by Crippen LogP contribution is 2.34. The van der Waals surface area contributed by atoms with Crippen LogP contribution in [0.4, 0.5) is 0 Å². The van der Waals surface area contributed by atoms with Crippen LogP contribution < -0.4 is 4.74 Å². The average Bonchev–Trinajstić information content (AvgIpc) is 2.39. The Morgan fingerprint density at radius 2 is 2.10 bits per heavy atom. The molecular formula is C16H21ClO3. The highest BCUT2D eigenvalue weighted by atomic mass is 35.5. The fourth-order valence-corrected chi connectivity index (χ4v) is 2.17. The van der Waals surface area contributed by atoms with E-state index in [1.54, 1.807) is 6.08 Å². The smallest absolute Gasteiger partial charge is 0.307 e. The summed E-state index contributed by atoms with van der Waals surface area (Å²) in [7, 11) is 0. The number of hydrogen-bond acceptors (Lipinski definition) is 2. The lowest BCUT2D eigenvalue weighted by atomic mass is 9.98. The second-order valence-electron chi connectivity index (χ2n) is 4.61. The molecule has 4 heteroatoms. The van der Waals surface area contributed by atoms with Crippen molar-refractivity contribution in [1.29, 1.82) is 0 Å². The molecule has 0 aromatic heterocycles. The highest BCUT2D eigenvalue weighted by molar-refractivity contribution is 6.31. The quantitative estimate of drug-likeness (QED) is 0.793. The Kier molecular flexibility index (Phi) is 6.59. The number of rotatable bonds is 7. The normalized spacial score (nSPS) is 11.5. The monoisotopic (exact) mass is 296 g/mol. The van der Waals surface area contributed by atoms with Gasteiger partial charge in [0.05, 0.1) is 13.0 Å². The molecule has 20 heavy (non-hydrogen) atoms. The molecule has 0 bridgehead atoms. The molecule has 0 radical (unpaired) electrons. The first kappa shape index (κ1) is 16.6. The molecule has 0 heterocycles. The Balaban J connectivity index is 3.26. The summed E-state index contributed by atoms with van der Waals surface area (Å²) >= 11 is 6.19. The Morgan fingerprint density at radius 1 is 1.40 bits per heavy atom. The lowest BCUT2D eigenvalue weighted by Crippen LogP contribution is -1.99. The fourth-order valence-electron chi connectivity index (χ4n) is 2.01. The Labute approximate surface area is 125 Å². The Bertz CT molecular complexity index is 507. The van der Waals surface area contributed by atoms with E-state index in [1.165, 1.54) is 0 Å². The van der Waals surface area contributed by atoms with Gasteiger partial charge in [-0.1, -0.05) is 31.0 Å². The predicted molar refractivity (Wildman–Crippen MR) is 82.5 cm³/mol. The predicted octanol–water partition coefficient (Wildman–Crippen LogP) is 4.71. The maximum absolute atomic E-state index is 10.8. The molecule has 0 spiro atoms. The van der Waals surface area contributed by atoms with Crippen molar-refractivity contribution in [3.63, 3.8) is 0 Å². The molecule has 0 saturated carbocycles. The summed E-state index contributed by atoms with van der Waals surface area (Å²) in [5, 5.41) is 9.51. The van der Waals surface area contributed by atoms with E-state index >= 15 is 0 Å². The number of allylic oxidation sites excluding steroid dienone is 1. The minimum Gasteiger partial charge on any atom is -0.493 e. The third-order valence-electron chi connectivity index (χ3n) is 2.95. The molecule has 0 aliphatic carbocycles. The zero-order chi connectivity index (χ0) is 15.1. The number of carboxylic acids is 1. The molecule has 0 saturated heterocycles. The van der Waals surface area contributed by atoms with Gasteiger partial charge in [0, 0.05) is 10.6 Å². The van der Waals surface area contributed by atoms with Gasteiger partial charge >= 0.3 is 5.97 Å². The Hall–Kier alpha value is -1.48. The lowest BCUT2D eigenvalue weighted by molar-refractivity contribution is -0.135. The van der Waals surface area contributed by atoms with E-state index in [2.05, 4.69) is 6.92 Å². The molecule has 0 unspecified atom stereocenters. The van der Waals surface area contributed by atoms with Gasteiger partial charge in [0.15, 0.2) is 0 Å². The van der Waals surface area contributed by atoms with Crippen molar-refractivity contribution < 1.29 is 14.6 Å². The van der Waals surface area contributed by atoms with Crippen LogP contribution in [-0.2, 0) is 4.79 Å². The number of ether oxygens (including phenoxy) is 1. The molecular weight excluding hydrogens is 276 g/mol. The minimum absolute atomic E-state index is 0.00634. The van der Waals surface area contributed by atoms with Crippen LogP contribution in [0.1, 0.15) is 44.2 Å². The van der Waals surface area contributed by atoms with Crippen LogP contribution in [0.5, 0.6) is 5.75 Å². The number of aliphatic carboxylic acids is 1. The van der Waals surface area contributed by atoms with Crippen LogP contribution in [0.3, 0.4) is 0 Å². The zero-order valence-electron chi connectivity index (χ0n) is 12.2. The van der Waals surface area contributed by atoms with Crippen molar-refractivity contribution in [2.75, 3.05) is 6.61 Å². The van der Waals surface area contributed by atoms with Gasteiger partial charge in [-0.25, -0.2) is 0 Å². The molecule has 1 aromatic rings. The largest absolute Gasteiger partial charge is 0.493 e. The first-order valence-electron chi connectivity index (χ1n) is 6.83. The van der Waals surface area contributed by atoms with Gasteiger partial charge in [0.1, 0.15) is 5.75 Å². The van der Waals surface area contributed by atoms with Crippen molar-refractivity contribution in [1.82, 2.24) is 0 Å². The van der Waals surface area contributed by atoms with E-state index in [9.17, 15) is 4.79 Å². The summed E-state index contributed by atoms with van der Waals surface area (Å²) in [5.74, 6) is -0.0748. The minimum atomic E-state index is -0.838. The van der Waals surface area contributed by atoms with Crippen LogP contribution in [-0.4, -0.2) is 17.7 Å². The zero-order valence-corrected chi connectivity index (χ0v) is 13.0. The van der Waals surface area contributed by atoms with Gasteiger partial charge in [-0.2, -0.15) is 0 Å². The van der Waals surface area contributed by atoms with Crippen molar-refractivity contribution in [2.24, 2.45) is 0 Å². The van der Waals surface area contributed by atoms with E-state index in [1.807, 2.05) is 26.0 Å². The highest BCUT2D eigenvalue weighted by Gasteiger charge is 2.12. The average molecular weight is 297 g/mol. The second-order valence-corrected chi connectivity index (χ2v) is 5.01. The molecule has 0 atom stereocenters. The van der Waals surface area contributed by atoms with E-state index in [4.69, 9.17) is 21.4 Å². The first-order chi connectivity index (χ1) is 9.49. The molecule has 1 rings (SSSR count). The summed E-state index contributed by atoms with van der Waals surface area (Å²) in [6.45, 7) is 6.47. The van der Waals surface area contributed by atoms with E-state index in [-0.39, 0.29) is 6.42 Å². The second kappa shape index (κ2) is 7.95. The van der Waals surface area contributed by atoms with Crippen molar-refractivity contribution in [3.05, 3.63) is 34.4 Å². The first-order valence-corrected chi connectivity index (χ1v) is 7.21. The molecule has 0 fully saturated rings. The maximum atomic E-state index is 10.8. The summed E-state index contributed by atoms with van der Waals surface area (Å²) in [6, 6.07) is 3.77. The SMILES string of the molecule is CCC/C(=C\CC(=O)O)c1cc(Cl)c(C)cc1OCC. The molecule has 0 aliphatic heterocycles. The molecule has 0 amide bonds. The summed E-state index contributed by atoms with van der Waals surface area (Å²) < 4.78 is 5.66. The third kappa shape index (κ3) is 4.57. The van der Waals surface area contributed by atoms with Crippen LogP contribution in [0, 0.1) is 6.92 Å².